The average molecular weight is 318 g/mol. The van der Waals surface area contributed by atoms with Gasteiger partial charge in [-0.3, -0.25) is 9.59 Å². The van der Waals surface area contributed by atoms with E-state index in [4.69, 9.17) is 4.74 Å². The highest BCUT2D eigenvalue weighted by Gasteiger charge is 2.38. The molecular weight excluding hydrogens is 304 g/mol. The van der Waals surface area contributed by atoms with Crippen molar-refractivity contribution in [3.8, 4) is 0 Å². The third-order valence-electron chi connectivity index (χ3n) is 4.00. The van der Waals surface area contributed by atoms with E-state index in [-0.39, 0.29) is 5.91 Å². The summed E-state index contributed by atoms with van der Waals surface area (Å²) in [6.07, 6.45) is 0.358. The Labute approximate surface area is 138 Å². The van der Waals surface area contributed by atoms with Gasteiger partial charge in [0.05, 0.1) is 17.7 Å². The van der Waals surface area contributed by atoms with Gasteiger partial charge in [-0.15, -0.1) is 0 Å². The Morgan fingerprint density at radius 3 is 2.42 bits per heavy atom. The van der Waals surface area contributed by atoms with E-state index in [1.54, 1.807) is 6.07 Å². The molecule has 0 fully saturated rings. The molecule has 4 rings (SSSR count). The van der Waals surface area contributed by atoms with E-state index in [1.165, 1.54) is 11.9 Å². The number of ether oxygens (including phenoxy) is 1. The van der Waals surface area contributed by atoms with Crippen LogP contribution in [0.15, 0.2) is 65.5 Å². The molecule has 2 aromatic carbocycles. The van der Waals surface area contributed by atoms with Crippen molar-refractivity contribution in [3.05, 3.63) is 77.0 Å². The highest BCUT2D eigenvalue weighted by molar-refractivity contribution is 6.13. The van der Waals surface area contributed by atoms with E-state index in [0.717, 1.165) is 11.1 Å². The number of hydrazone groups is 1. The summed E-state index contributed by atoms with van der Waals surface area (Å²) in [5, 5.41) is 5.86. The van der Waals surface area contributed by atoms with E-state index >= 15 is 0 Å². The molecule has 0 radical (unpaired) electrons. The van der Waals surface area contributed by atoms with Crippen molar-refractivity contribution < 1.29 is 14.3 Å². The molecule has 0 bridgehead atoms. The summed E-state index contributed by atoms with van der Waals surface area (Å²) < 4.78 is 5.43. The number of nitrogens with zero attached hydrogens (tertiary/aromatic N) is 2. The van der Waals surface area contributed by atoms with Gasteiger partial charge in [0.25, 0.3) is 5.91 Å². The zero-order chi connectivity index (χ0) is 16.7. The van der Waals surface area contributed by atoms with E-state index < -0.39 is 5.97 Å². The number of esters is 1. The second-order valence-corrected chi connectivity index (χ2v) is 5.62. The lowest BCUT2D eigenvalue weighted by Gasteiger charge is -2.23. The van der Waals surface area contributed by atoms with Crippen molar-refractivity contribution in [1.29, 1.82) is 0 Å². The molecule has 0 unspecified atom stereocenters. The Hall–Kier alpha value is -3.21. The van der Waals surface area contributed by atoms with Crippen molar-refractivity contribution in [2.24, 2.45) is 5.10 Å². The van der Waals surface area contributed by atoms with Crippen molar-refractivity contribution in [2.75, 3.05) is 0 Å². The van der Waals surface area contributed by atoms with Crippen LogP contribution >= 0.6 is 0 Å². The first-order valence-electron chi connectivity index (χ1n) is 7.63. The van der Waals surface area contributed by atoms with E-state index in [1.807, 2.05) is 48.5 Å². The van der Waals surface area contributed by atoms with Gasteiger partial charge in [-0.25, -0.2) is 0 Å². The molecule has 24 heavy (non-hydrogen) atoms. The van der Waals surface area contributed by atoms with Crippen molar-refractivity contribution in [2.45, 2.75) is 13.3 Å². The normalized spacial score (nSPS) is 15.8. The molecular formula is C19H14N2O3. The van der Waals surface area contributed by atoms with Crippen LogP contribution in [-0.2, 0) is 9.53 Å². The van der Waals surface area contributed by atoms with Crippen molar-refractivity contribution in [1.82, 2.24) is 5.01 Å². The predicted octanol–water partition coefficient (Wildman–Crippen LogP) is 3.18. The molecule has 118 valence electrons. The summed E-state index contributed by atoms with van der Waals surface area (Å²) in [6, 6.07) is 16.8. The number of allylic oxidation sites excluding steroid dienone is 1. The zero-order valence-corrected chi connectivity index (χ0v) is 13.0. The van der Waals surface area contributed by atoms with Gasteiger partial charge in [0.1, 0.15) is 11.5 Å². The minimum absolute atomic E-state index is 0.210. The van der Waals surface area contributed by atoms with Crippen LogP contribution in [0, 0.1) is 0 Å². The summed E-state index contributed by atoms with van der Waals surface area (Å²) in [7, 11) is 0. The lowest BCUT2D eigenvalue weighted by molar-refractivity contribution is -0.136. The maximum absolute atomic E-state index is 12.7. The van der Waals surface area contributed by atoms with Crippen LogP contribution in [0.3, 0.4) is 0 Å². The fourth-order valence-corrected chi connectivity index (χ4v) is 3.01. The lowest BCUT2D eigenvalue weighted by atomic mass is 10.0. The summed E-state index contributed by atoms with van der Waals surface area (Å²) in [4.78, 5) is 24.2. The van der Waals surface area contributed by atoms with Crippen LogP contribution in [-0.4, -0.2) is 22.6 Å². The lowest BCUT2D eigenvalue weighted by Crippen LogP contribution is -2.26. The number of amides is 1. The van der Waals surface area contributed by atoms with Gasteiger partial charge < -0.3 is 4.74 Å². The molecule has 2 aliphatic rings. The Morgan fingerprint density at radius 2 is 1.71 bits per heavy atom. The molecule has 0 aliphatic carbocycles. The average Bonchev–Trinajstić information content (AvgIpc) is 2.89. The second kappa shape index (κ2) is 5.45. The molecule has 0 aromatic heterocycles. The number of fused-ring (bicyclic) bond motifs is 3. The number of benzene rings is 2. The molecule has 5 nitrogen and oxygen atoms in total. The predicted molar refractivity (Wildman–Crippen MR) is 88.9 cm³/mol. The van der Waals surface area contributed by atoms with Crippen LogP contribution in [0.1, 0.15) is 34.8 Å². The molecule has 0 atom stereocenters. The smallest absolute Gasteiger partial charge is 0.307 e. The van der Waals surface area contributed by atoms with Gasteiger partial charge in [-0.1, -0.05) is 48.5 Å². The second-order valence-electron chi connectivity index (χ2n) is 5.62. The SMILES string of the molecule is CC(=O)OC1=C2c3ccccc3C(=O)N2N=C(c2ccccc2)C1. The van der Waals surface area contributed by atoms with Crippen LogP contribution in [0.2, 0.25) is 0 Å². The maximum Gasteiger partial charge on any atom is 0.307 e. The number of carbonyl (C=O) groups is 2. The highest BCUT2D eigenvalue weighted by Crippen LogP contribution is 2.39. The fraction of sp³-hybridized carbons (Fsp3) is 0.105. The van der Waals surface area contributed by atoms with Crippen LogP contribution < -0.4 is 0 Å². The van der Waals surface area contributed by atoms with Crippen LogP contribution in [0.4, 0.5) is 0 Å². The Bertz CT molecular complexity index is 913. The first-order chi connectivity index (χ1) is 11.6. The van der Waals surface area contributed by atoms with Gasteiger partial charge in [0, 0.05) is 12.5 Å². The summed E-state index contributed by atoms with van der Waals surface area (Å²) in [5.41, 5.74) is 3.46. The maximum atomic E-state index is 12.7. The summed E-state index contributed by atoms with van der Waals surface area (Å²) >= 11 is 0. The molecule has 2 heterocycles. The monoisotopic (exact) mass is 318 g/mol. The first kappa shape index (κ1) is 14.4. The molecule has 0 N–H and O–H groups in total. The molecule has 0 spiro atoms. The molecule has 2 aliphatic heterocycles. The third kappa shape index (κ3) is 2.22. The Balaban J connectivity index is 1.87. The van der Waals surface area contributed by atoms with E-state index in [9.17, 15) is 9.59 Å². The molecule has 0 saturated carbocycles. The topological polar surface area (TPSA) is 59.0 Å². The summed E-state index contributed by atoms with van der Waals surface area (Å²) in [6.45, 7) is 1.36. The molecule has 0 saturated heterocycles. The minimum Gasteiger partial charge on any atom is -0.429 e. The summed E-state index contributed by atoms with van der Waals surface area (Å²) in [5.74, 6) is -0.170. The van der Waals surface area contributed by atoms with E-state index in [2.05, 4.69) is 5.10 Å². The molecule has 2 aromatic rings. The molecule has 5 heteroatoms. The number of rotatable bonds is 2. The quantitative estimate of drug-likeness (QED) is 0.799. The van der Waals surface area contributed by atoms with Gasteiger partial charge in [0.15, 0.2) is 0 Å². The van der Waals surface area contributed by atoms with Gasteiger partial charge in [-0.2, -0.15) is 10.1 Å². The Kier molecular flexibility index (Phi) is 3.27. The first-order valence-corrected chi connectivity index (χ1v) is 7.63. The standard InChI is InChI=1S/C19H14N2O3/c1-12(22)24-17-11-16(13-7-3-2-4-8-13)20-21-18(17)14-9-5-6-10-15(14)19(21)23/h2-10H,11H2,1H3. The van der Waals surface area contributed by atoms with E-state index in [0.29, 0.717) is 29.2 Å². The number of hydrogen-bond donors (Lipinski definition) is 0. The highest BCUT2D eigenvalue weighted by atomic mass is 16.5. The van der Waals surface area contributed by atoms with Crippen molar-refractivity contribution in [3.63, 3.8) is 0 Å². The third-order valence-corrected chi connectivity index (χ3v) is 4.00. The number of carbonyl (C=O) groups excluding carboxylic acids is 2. The Morgan fingerprint density at radius 1 is 1.04 bits per heavy atom. The van der Waals surface area contributed by atoms with Gasteiger partial charge >= 0.3 is 5.97 Å². The largest absolute Gasteiger partial charge is 0.429 e. The zero-order valence-electron chi connectivity index (χ0n) is 13.0. The van der Waals surface area contributed by atoms with Gasteiger partial charge in [-0.05, 0) is 11.6 Å². The fourth-order valence-electron chi connectivity index (χ4n) is 3.01. The minimum atomic E-state index is -0.413. The molecule has 1 amide bonds. The van der Waals surface area contributed by atoms with Crippen LogP contribution in [0.25, 0.3) is 5.70 Å². The van der Waals surface area contributed by atoms with Gasteiger partial charge in [0.2, 0.25) is 0 Å². The van der Waals surface area contributed by atoms with Crippen molar-refractivity contribution >= 4 is 23.3 Å². The van der Waals surface area contributed by atoms with Crippen LogP contribution in [0.5, 0.6) is 0 Å². The number of hydrogen-bond acceptors (Lipinski definition) is 4.